The minimum atomic E-state index is -1.09. The van der Waals surface area contributed by atoms with Gasteiger partial charge in [-0.25, -0.2) is 4.79 Å². The molecule has 1 amide bonds. The quantitative estimate of drug-likeness (QED) is 0.465. The zero-order valence-corrected chi connectivity index (χ0v) is 12.2. The monoisotopic (exact) mass is 300 g/mol. The van der Waals surface area contributed by atoms with Gasteiger partial charge in [-0.1, -0.05) is 19.8 Å². The molecule has 0 aromatic rings. The topological polar surface area (TPSA) is 89.9 Å². The van der Waals surface area contributed by atoms with Crippen molar-refractivity contribution >= 4 is 23.6 Å². The summed E-state index contributed by atoms with van der Waals surface area (Å²) in [5, 5.41) is 23.1. The van der Waals surface area contributed by atoms with E-state index in [0.717, 1.165) is 25.8 Å². The number of amides is 1. The Kier molecular flexibility index (Phi) is 5.06. The first-order chi connectivity index (χ1) is 9.61. The molecule has 1 saturated heterocycles. The number of carboxylic acids is 1. The highest BCUT2D eigenvalue weighted by Crippen LogP contribution is 2.39. The van der Waals surface area contributed by atoms with Gasteiger partial charge < -0.3 is 20.4 Å². The van der Waals surface area contributed by atoms with E-state index in [2.05, 4.69) is 12.2 Å². The molecule has 2 unspecified atom stereocenters. The molecule has 3 N–H and O–H groups in total. The standard InChI is InChI=1S/C13H20N2O4S/c1-2-3-4-5-14-9-11(17)15-10(13(18)19)8(6-16)7-20-12(9)15/h7,9-10,12,14,16H,2-6H2,1H3,(H,18,19)/t9?,10?,12-/m0/s1. The van der Waals surface area contributed by atoms with Gasteiger partial charge in [0.1, 0.15) is 11.4 Å². The average molecular weight is 300 g/mol. The third-order valence-electron chi connectivity index (χ3n) is 3.63. The molecule has 2 aliphatic rings. The fourth-order valence-corrected chi connectivity index (χ4v) is 3.77. The maximum absolute atomic E-state index is 12.1. The summed E-state index contributed by atoms with van der Waals surface area (Å²) in [7, 11) is 0. The number of aliphatic hydroxyl groups excluding tert-OH is 1. The van der Waals surface area contributed by atoms with Crippen LogP contribution in [0.3, 0.4) is 0 Å². The molecule has 0 aromatic carbocycles. The number of fused-ring (bicyclic) bond motifs is 1. The van der Waals surface area contributed by atoms with Gasteiger partial charge in [0.05, 0.1) is 6.61 Å². The number of thioether (sulfide) groups is 1. The molecule has 20 heavy (non-hydrogen) atoms. The first kappa shape index (κ1) is 15.3. The maximum Gasteiger partial charge on any atom is 0.330 e. The molecule has 0 saturated carbocycles. The summed E-state index contributed by atoms with van der Waals surface area (Å²) in [5.74, 6) is -1.28. The van der Waals surface area contributed by atoms with Crippen molar-refractivity contribution in [3.8, 4) is 0 Å². The number of hydrogen-bond donors (Lipinski definition) is 3. The van der Waals surface area contributed by atoms with Crippen LogP contribution in [0.1, 0.15) is 26.2 Å². The molecule has 0 aliphatic carbocycles. The van der Waals surface area contributed by atoms with E-state index < -0.39 is 12.0 Å². The zero-order chi connectivity index (χ0) is 14.7. The van der Waals surface area contributed by atoms with E-state index in [4.69, 9.17) is 0 Å². The number of unbranched alkanes of at least 4 members (excludes halogenated alkanes) is 2. The zero-order valence-electron chi connectivity index (χ0n) is 11.4. The van der Waals surface area contributed by atoms with E-state index in [-0.39, 0.29) is 23.9 Å². The minimum Gasteiger partial charge on any atom is -0.479 e. The number of carbonyl (C=O) groups excluding carboxylic acids is 1. The van der Waals surface area contributed by atoms with Crippen LogP contribution in [0.5, 0.6) is 0 Å². The highest BCUT2D eigenvalue weighted by atomic mass is 32.2. The van der Waals surface area contributed by atoms with Gasteiger partial charge in [0.2, 0.25) is 5.91 Å². The molecule has 0 radical (unpaired) electrons. The van der Waals surface area contributed by atoms with Crippen LogP contribution in [0.2, 0.25) is 0 Å². The largest absolute Gasteiger partial charge is 0.479 e. The van der Waals surface area contributed by atoms with Crippen molar-refractivity contribution in [3.63, 3.8) is 0 Å². The third-order valence-corrected chi connectivity index (χ3v) is 4.85. The second-order valence-corrected chi connectivity index (χ2v) is 5.99. The Hall–Kier alpha value is -1.05. The SMILES string of the molecule is CCCCCNC1C(=O)N2C(C(=O)O)C(CO)=CS[C@@H]12. The summed E-state index contributed by atoms with van der Waals surface area (Å²) in [6.07, 6.45) is 3.24. The molecule has 112 valence electrons. The van der Waals surface area contributed by atoms with Crippen molar-refractivity contribution < 1.29 is 19.8 Å². The van der Waals surface area contributed by atoms with E-state index in [1.54, 1.807) is 5.41 Å². The van der Waals surface area contributed by atoms with Gasteiger partial charge in [0.25, 0.3) is 0 Å². The summed E-state index contributed by atoms with van der Waals surface area (Å²) >= 11 is 1.40. The lowest BCUT2D eigenvalue weighted by Gasteiger charge is -2.51. The Morgan fingerprint density at radius 2 is 2.25 bits per heavy atom. The Balaban J connectivity index is 1.99. The van der Waals surface area contributed by atoms with Crippen LogP contribution in [0, 0.1) is 0 Å². The van der Waals surface area contributed by atoms with Crippen LogP contribution in [0.25, 0.3) is 0 Å². The highest BCUT2D eigenvalue weighted by molar-refractivity contribution is 8.02. The van der Waals surface area contributed by atoms with Gasteiger partial charge in [-0.3, -0.25) is 4.79 Å². The molecular weight excluding hydrogens is 280 g/mol. The summed E-state index contributed by atoms with van der Waals surface area (Å²) in [6.45, 7) is 2.55. The van der Waals surface area contributed by atoms with Crippen molar-refractivity contribution in [2.75, 3.05) is 13.2 Å². The highest BCUT2D eigenvalue weighted by Gasteiger charge is 2.54. The van der Waals surface area contributed by atoms with Gasteiger partial charge in [-0.2, -0.15) is 0 Å². The molecule has 1 fully saturated rings. The van der Waals surface area contributed by atoms with E-state index in [1.165, 1.54) is 16.7 Å². The van der Waals surface area contributed by atoms with E-state index in [1.807, 2.05) is 0 Å². The maximum atomic E-state index is 12.1. The molecule has 2 aliphatic heterocycles. The molecule has 2 rings (SSSR count). The van der Waals surface area contributed by atoms with E-state index in [0.29, 0.717) is 5.57 Å². The van der Waals surface area contributed by atoms with Crippen LogP contribution in [0.4, 0.5) is 0 Å². The third kappa shape index (κ3) is 2.70. The summed E-state index contributed by atoms with van der Waals surface area (Å²) in [6, 6.07) is -1.33. The number of carboxylic acid groups (broad SMARTS) is 1. The van der Waals surface area contributed by atoms with Crippen LogP contribution in [-0.2, 0) is 9.59 Å². The van der Waals surface area contributed by atoms with Gasteiger partial charge in [-0.05, 0) is 23.9 Å². The number of aliphatic carboxylic acids is 1. The van der Waals surface area contributed by atoms with Crippen LogP contribution in [0.15, 0.2) is 11.0 Å². The van der Waals surface area contributed by atoms with E-state index >= 15 is 0 Å². The number of rotatable bonds is 7. The summed E-state index contributed by atoms with van der Waals surface area (Å²) in [4.78, 5) is 24.8. The van der Waals surface area contributed by atoms with Crippen molar-refractivity contribution in [2.24, 2.45) is 0 Å². The Bertz CT molecular complexity index is 427. The number of carbonyl (C=O) groups is 2. The number of β-lactam (4-membered cyclic amide) rings is 1. The molecule has 0 aromatic heterocycles. The lowest BCUT2D eigenvalue weighted by atomic mass is 9.98. The second kappa shape index (κ2) is 6.60. The van der Waals surface area contributed by atoms with Crippen LogP contribution in [-0.4, -0.2) is 57.6 Å². The number of nitrogens with zero attached hydrogens (tertiary/aromatic N) is 1. The molecular formula is C13H20N2O4S. The predicted molar refractivity (Wildman–Crippen MR) is 76.1 cm³/mol. The average Bonchev–Trinajstić information content (AvgIpc) is 2.45. The van der Waals surface area contributed by atoms with Crippen molar-refractivity contribution in [3.05, 3.63) is 11.0 Å². The lowest BCUT2D eigenvalue weighted by Crippen LogP contribution is -2.73. The Labute approximate surface area is 122 Å². The number of aliphatic hydroxyl groups is 1. The number of hydrogen-bond acceptors (Lipinski definition) is 5. The molecule has 6 nitrogen and oxygen atoms in total. The van der Waals surface area contributed by atoms with Crippen LogP contribution >= 0.6 is 11.8 Å². The molecule has 3 atom stereocenters. The van der Waals surface area contributed by atoms with Crippen molar-refractivity contribution in [2.45, 2.75) is 43.6 Å². The summed E-state index contributed by atoms with van der Waals surface area (Å²) in [5.41, 5.74) is 0.372. The summed E-state index contributed by atoms with van der Waals surface area (Å²) < 4.78 is 0. The fraction of sp³-hybridized carbons (Fsp3) is 0.692. The van der Waals surface area contributed by atoms with Crippen LogP contribution < -0.4 is 5.32 Å². The van der Waals surface area contributed by atoms with Gasteiger partial charge >= 0.3 is 5.97 Å². The second-order valence-electron chi connectivity index (χ2n) is 5.00. The molecule has 0 bridgehead atoms. The van der Waals surface area contributed by atoms with Gasteiger partial charge in [0, 0.05) is 0 Å². The smallest absolute Gasteiger partial charge is 0.330 e. The van der Waals surface area contributed by atoms with Gasteiger partial charge in [-0.15, -0.1) is 11.8 Å². The van der Waals surface area contributed by atoms with E-state index in [9.17, 15) is 19.8 Å². The first-order valence-corrected chi connectivity index (χ1v) is 7.79. The Morgan fingerprint density at radius 1 is 1.50 bits per heavy atom. The minimum absolute atomic E-state index is 0.180. The van der Waals surface area contributed by atoms with Crippen molar-refractivity contribution in [1.29, 1.82) is 0 Å². The molecule has 0 spiro atoms. The van der Waals surface area contributed by atoms with Crippen molar-refractivity contribution in [1.82, 2.24) is 10.2 Å². The molecule has 7 heteroatoms. The normalized spacial score (nSPS) is 28.7. The fourth-order valence-electron chi connectivity index (χ4n) is 2.53. The first-order valence-electron chi connectivity index (χ1n) is 6.85. The van der Waals surface area contributed by atoms with Gasteiger partial charge in [0.15, 0.2) is 6.04 Å². The lowest BCUT2D eigenvalue weighted by molar-refractivity contribution is -0.159. The predicted octanol–water partition coefficient (Wildman–Crippen LogP) is 0.379. The Morgan fingerprint density at radius 3 is 2.85 bits per heavy atom. The number of nitrogens with one attached hydrogen (secondary N) is 1. The molecule has 2 heterocycles.